The van der Waals surface area contributed by atoms with Crippen LogP contribution >= 0.6 is 0 Å². The summed E-state index contributed by atoms with van der Waals surface area (Å²) in [6, 6.07) is 6.12. The number of hydrogen-bond acceptors (Lipinski definition) is 3. The summed E-state index contributed by atoms with van der Waals surface area (Å²) in [7, 11) is -3.55. The zero-order chi connectivity index (χ0) is 16.6. The van der Waals surface area contributed by atoms with Crippen molar-refractivity contribution in [2.24, 2.45) is 5.92 Å². The largest absolute Gasteiger partial charge is 0.352 e. The van der Waals surface area contributed by atoms with Crippen LogP contribution in [0.4, 0.5) is 0 Å². The highest BCUT2D eigenvalue weighted by atomic mass is 32.2. The van der Waals surface area contributed by atoms with Gasteiger partial charge in [0.15, 0.2) is 0 Å². The van der Waals surface area contributed by atoms with E-state index >= 15 is 0 Å². The van der Waals surface area contributed by atoms with Crippen molar-refractivity contribution in [3.05, 3.63) is 29.8 Å². The van der Waals surface area contributed by atoms with Crippen LogP contribution in [-0.2, 0) is 10.0 Å². The first-order valence-electron chi connectivity index (χ1n) is 7.74. The smallest absolute Gasteiger partial charge is 0.251 e. The van der Waals surface area contributed by atoms with Crippen LogP contribution < -0.4 is 10.0 Å². The topological polar surface area (TPSA) is 75.3 Å². The van der Waals surface area contributed by atoms with Crippen molar-refractivity contribution < 1.29 is 13.2 Å². The van der Waals surface area contributed by atoms with Gasteiger partial charge in [0.2, 0.25) is 10.0 Å². The lowest BCUT2D eigenvalue weighted by Gasteiger charge is -2.09. The van der Waals surface area contributed by atoms with Crippen molar-refractivity contribution in [2.75, 3.05) is 13.1 Å². The van der Waals surface area contributed by atoms with Gasteiger partial charge in [0, 0.05) is 18.7 Å². The van der Waals surface area contributed by atoms with Crippen LogP contribution in [0.3, 0.4) is 0 Å². The molecule has 5 nitrogen and oxygen atoms in total. The van der Waals surface area contributed by atoms with Crippen molar-refractivity contribution in [2.45, 2.75) is 44.9 Å². The molecule has 0 saturated heterocycles. The fraction of sp³-hybridized carbons (Fsp3) is 0.562. The average Bonchev–Trinajstić information content (AvgIpc) is 2.47. The third-order valence-electron chi connectivity index (χ3n) is 3.24. The molecule has 124 valence electrons. The van der Waals surface area contributed by atoms with Crippen LogP contribution in [0.5, 0.6) is 0 Å². The van der Waals surface area contributed by atoms with E-state index in [1.165, 1.54) is 12.1 Å². The fourth-order valence-electron chi connectivity index (χ4n) is 1.85. The molecular weight excluding hydrogens is 300 g/mol. The van der Waals surface area contributed by atoms with Crippen LogP contribution in [0, 0.1) is 5.92 Å². The lowest BCUT2D eigenvalue weighted by Crippen LogP contribution is -2.27. The number of rotatable bonds is 9. The highest BCUT2D eigenvalue weighted by molar-refractivity contribution is 7.89. The van der Waals surface area contributed by atoms with Crippen molar-refractivity contribution in [1.29, 1.82) is 0 Å². The van der Waals surface area contributed by atoms with Gasteiger partial charge in [-0.3, -0.25) is 4.79 Å². The number of carbonyl (C=O) groups is 1. The third kappa shape index (κ3) is 6.15. The Bertz CT molecular complexity index is 583. The van der Waals surface area contributed by atoms with Crippen molar-refractivity contribution in [3.8, 4) is 0 Å². The Balaban J connectivity index is 2.74. The van der Waals surface area contributed by atoms with E-state index in [0.29, 0.717) is 24.6 Å². The normalized spacial score (nSPS) is 11.6. The molecule has 2 N–H and O–H groups in total. The number of hydrogen-bond donors (Lipinski definition) is 2. The van der Waals surface area contributed by atoms with Gasteiger partial charge < -0.3 is 5.32 Å². The lowest BCUT2D eigenvalue weighted by molar-refractivity contribution is 0.0952. The summed E-state index contributed by atoms with van der Waals surface area (Å²) in [6.07, 6.45) is 2.59. The number of nitrogens with one attached hydrogen (secondary N) is 2. The van der Waals surface area contributed by atoms with Crippen molar-refractivity contribution in [3.63, 3.8) is 0 Å². The van der Waals surface area contributed by atoms with Gasteiger partial charge in [0.05, 0.1) is 4.90 Å². The predicted octanol–water partition coefficient (Wildman–Crippen LogP) is 2.54. The first kappa shape index (κ1) is 18.6. The maximum Gasteiger partial charge on any atom is 0.251 e. The van der Waals surface area contributed by atoms with Crippen LogP contribution in [0.2, 0.25) is 0 Å². The number of carbonyl (C=O) groups excluding carboxylic acids is 1. The van der Waals surface area contributed by atoms with E-state index in [2.05, 4.69) is 23.9 Å². The molecule has 0 aliphatic carbocycles. The van der Waals surface area contributed by atoms with E-state index in [1.807, 2.05) is 6.92 Å². The first-order chi connectivity index (χ1) is 10.4. The molecule has 1 aromatic rings. The third-order valence-corrected chi connectivity index (χ3v) is 4.69. The molecule has 0 atom stereocenters. The summed E-state index contributed by atoms with van der Waals surface area (Å²) < 4.78 is 26.8. The van der Waals surface area contributed by atoms with Gasteiger partial charge in [-0.25, -0.2) is 13.1 Å². The maximum absolute atomic E-state index is 12.1. The minimum Gasteiger partial charge on any atom is -0.352 e. The average molecular weight is 326 g/mol. The Morgan fingerprint density at radius 3 is 2.59 bits per heavy atom. The van der Waals surface area contributed by atoms with Gasteiger partial charge in [-0.05, 0) is 37.0 Å². The number of amides is 1. The summed E-state index contributed by atoms with van der Waals surface area (Å²) in [5, 5.41) is 2.81. The summed E-state index contributed by atoms with van der Waals surface area (Å²) in [5.74, 6) is 0.265. The SMILES string of the molecule is CCCCNS(=O)(=O)c1cccc(C(=O)NCCC(C)C)c1. The van der Waals surface area contributed by atoms with E-state index in [1.54, 1.807) is 12.1 Å². The standard InChI is InChI=1S/C16H26N2O3S/c1-4-5-10-18-22(20,21)15-8-6-7-14(12-15)16(19)17-11-9-13(2)3/h6-8,12-13,18H,4-5,9-11H2,1-3H3,(H,17,19). The molecule has 6 heteroatoms. The van der Waals surface area contributed by atoms with Crippen molar-refractivity contribution >= 4 is 15.9 Å². The Morgan fingerprint density at radius 1 is 1.23 bits per heavy atom. The molecule has 1 aromatic carbocycles. The van der Waals surface area contributed by atoms with Gasteiger partial charge in [-0.1, -0.05) is 33.3 Å². The Hall–Kier alpha value is -1.40. The second-order valence-electron chi connectivity index (χ2n) is 5.72. The summed E-state index contributed by atoms with van der Waals surface area (Å²) in [4.78, 5) is 12.2. The Kier molecular flexibility index (Phi) is 7.55. The summed E-state index contributed by atoms with van der Waals surface area (Å²) >= 11 is 0. The van der Waals surface area contributed by atoms with Crippen LogP contribution in [0.1, 0.15) is 50.4 Å². The monoisotopic (exact) mass is 326 g/mol. The van der Waals surface area contributed by atoms with E-state index in [9.17, 15) is 13.2 Å². The zero-order valence-corrected chi connectivity index (χ0v) is 14.4. The van der Waals surface area contributed by atoms with E-state index < -0.39 is 10.0 Å². The van der Waals surface area contributed by atoms with E-state index in [4.69, 9.17) is 0 Å². The molecule has 0 radical (unpaired) electrons. The highest BCUT2D eigenvalue weighted by Gasteiger charge is 2.15. The molecule has 0 bridgehead atoms. The number of sulfonamides is 1. The maximum atomic E-state index is 12.1. The molecule has 0 aliphatic heterocycles. The molecule has 0 unspecified atom stereocenters. The highest BCUT2D eigenvalue weighted by Crippen LogP contribution is 2.12. The van der Waals surface area contributed by atoms with Gasteiger partial charge in [-0.15, -0.1) is 0 Å². The van der Waals surface area contributed by atoms with Crippen LogP contribution in [0.25, 0.3) is 0 Å². The molecule has 0 fully saturated rings. The number of unbranched alkanes of at least 4 members (excludes halogenated alkanes) is 1. The first-order valence-corrected chi connectivity index (χ1v) is 9.23. The minimum atomic E-state index is -3.55. The molecule has 22 heavy (non-hydrogen) atoms. The fourth-order valence-corrected chi connectivity index (χ4v) is 2.97. The van der Waals surface area contributed by atoms with Gasteiger partial charge >= 0.3 is 0 Å². The van der Waals surface area contributed by atoms with Gasteiger partial charge in [0.1, 0.15) is 0 Å². The molecular formula is C16H26N2O3S. The van der Waals surface area contributed by atoms with E-state index in [-0.39, 0.29) is 10.8 Å². The van der Waals surface area contributed by atoms with Gasteiger partial charge in [0.25, 0.3) is 5.91 Å². The van der Waals surface area contributed by atoms with E-state index in [0.717, 1.165) is 19.3 Å². The Labute approximate surface area is 133 Å². The Morgan fingerprint density at radius 2 is 1.95 bits per heavy atom. The molecule has 0 aliphatic rings. The second-order valence-corrected chi connectivity index (χ2v) is 7.48. The van der Waals surface area contributed by atoms with Crippen molar-refractivity contribution in [1.82, 2.24) is 10.0 Å². The summed E-state index contributed by atoms with van der Waals surface area (Å²) in [5.41, 5.74) is 0.363. The van der Waals surface area contributed by atoms with Crippen LogP contribution in [0.15, 0.2) is 29.2 Å². The minimum absolute atomic E-state index is 0.125. The zero-order valence-electron chi connectivity index (χ0n) is 13.6. The quantitative estimate of drug-likeness (QED) is 0.685. The second kappa shape index (κ2) is 8.90. The predicted molar refractivity (Wildman–Crippen MR) is 88.3 cm³/mol. The molecule has 0 spiro atoms. The molecule has 1 rings (SSSR count). The molecule has 0 aromatic heterocycles. The molecule has 0 heterocycles. The van der Waals surface area contributed by atoms with Gasteiger partial charge in [-0.2, -0.15) is 0 Å². The lowest BCUT2D eigenvalue weighted by atomic mass is 10.1. The van der Waals surface area contributed by atoms with Crippen LogP contribution in [-0.4, -0.2) is 27.4 Å². The number of benzene rings is 1. The summed E-state index contributed by atoms with van der Waals surface area (Å²) in [6.45, 7) is 7.16. The molecule has 1 amide bonds. The molecule has 0 saturated carbocycles.